The first kappa shape index (κ1) is 20.7. The highest BCUT2D eigenvalue weighted by Crippen LogP contribution is 2.35. The van der Waals surface area contributed by atoms with Gasteiger partial charge in [0.05, 0.1) is 25.5 Å². The highest BCUT2D eigenvalue weighted by molar-refractivity contribution is 7.51. The molecule has 2 atom stereocenters. The summed E-state index contributed by atoms with van der Waals surface area (Å²) in [4.78, 5) is 42.0. The van der Waals surface area contributed by atoms with Crippen molar-refractivity contribution in [2.24, 2.45) is 0 Å². The number of aromatic amines is 1. The lowest BCUT2D eigenvalue weighted by molar-refractivity contribution is -0.0990. The molecule has 22 heavy (non-hydrogen) atoms. The minimum absolute atomic E-state index is 0. The summed E-state index contributed by atoms with van der Waals surface area (Å²) in [7, 11) is -4.24. The molecule has 0 spiro atoms. The van der Waals surface area contributed by atoms with Crippen LogP contribution in [0.2, 0.25) is 0 Å². The number of aliphatic hydroxyl groups is 2. The highest BCUT2D eigenvalue weighted by atomic mass is 31.2. The van der Waals surface area contributed by atoms with Crippen molar-refractivity contribution in [2.75, 3.05) is 19.4 Å². The summed E-state index contributed by atoms with van der Waals surface area (Å²) in [5.41, 5.74) is -1.43. The molecule has 1 heterocycles. The minimum Gasteiger partial charge on any atom is -0.394 e. The van der Waals surface area contributed by atoms with E-state index in [1.807, 2.05) is 4.98 Å². The van der Waals surface area contributed by atoms with Crippen LogP contribution in [0, 0.1) is 0 Å². The van der Waals surface area contributed by atoms with Crippen molar-refractivity contribution < 1.29 is 29.3 Å². The Morgan fingerprint density at radius 1 is 1.27 bits per heavy atom. The predicted molar refractivity (Wildman–Crippen MR) is 76.0 cm³/mol. The van der Waals surface area contributed by atoms with Crippen molar-refractivity contribution in [2.45, 2.75) is 18.8 Å². The molecule has 0 radical (unpaired) electrons. The lowest BCUT2D eigenvalue weighted by Gasteiger charge is -2.23. The number of nitrogens with one attached hydrogen (secondary N) is 1. The van der Waals surface area contributed by atoms with Crippen LogP contribution in [0.3, 0.4) is 0 Å². The van der Waals surface area contributed by atoms with Crippen molar-refractivity contribution in [3.63, 3.8) is 0 Å². The third kappa shape index (κ3) is 6.62. The number of H-pyrrole nitrogens is 1. The lowest BCUT2D eigenvalue weighted by atomic mass is 10.3. The van der Waals surface area contributed by atoms with Crippen molar-refractivity contribution in [1.29, 1.82) is 0 Å². The monoisotopic (exact) mass is 341 g/mol. The van der Waals surface area contributed by atoms with Gasteiger partial charge in [-0.25, -0.2) is 4.79 Å². The van der Waals surface area contributed by atoms with Gasteiger partial charge < -0.3 is 30.9 Å². The van der Waals surface area contributed by atoms with E-state index in [0.29, 0.717) is 0 Å². The molecule has 1 rings (SSSR count). The molecule has 8 N–H and O–H groups in total. The fraction of sp³-hybridized carbons (Fsp3) is 0.600. The Labute approximate surface area is 124 Å². The van der Waals surface area contributed by atoms with Crippen molar-refractivity contribution in [3.8, 4) is 0 Å². The van der Waals surface area contributed by atoms with Gasteiger partial charge in [-0.2, -0.15) is 0 Å². The molecular formula is C10H20N3O8P. The molecule has 0 aliphatic heterocycles. The maximum atomic E-state index is 11.6. The Bertz CT molecular complexity index is 609. The van der Waals surface area contributed by atoms with Crippen LogP contribution in [0.1, 0.15) is 12.6 Å². The van der Waals surface area contributed by atoms with E-state index < -0.39 is 50.6 Å². The van der Waals surface area contributed by atoms with Gasteiger partial charge in [-0.1, -0.05) is 0 Å². The molecule has 0 saturated heterocycles. The molecule has 0 bridgehead atoms. The Balaban J connectivity index is 0.00000441. The SMILES string of the molecule is N.O=c1ccn(C(CO)OC(CO)CCP(=O)(O)O)c(=O)[nH]1. The number of hydrogen-bond acceptors (Lipinski definition) is 7. The molecule has 0 aliphatic carbocycles. The largest absolute Gasteiger partial charge is 0.394 e. The zero-order chi connectivity index (χ0) is 16.0. The maximum Gasteiger partial charge on any atom is 0.330 e. The number of ether oxygens (including phenoxy) is 1. The molecular weight excluding hydrogens is 321 g/mol. The van der Waals surface area contributed by atoms with Crippen LogP contribution < -0.4 is 17.4 Å². The second-order valence-electron chi connectivity index (χ2n) is 4.27. The van der Waals surface area contributed by atoms with Crippen LogP contribution in [0.15, 0.2) is 21.9 Å². The average molecular weight is 341 g/mol. The summed E-state index contributed by atoms with van der Waals surface area (Å²) in [5.74, 6) is 0. The quantitative estimate of drug-likeness (QED) is 0.293. The van der Waals surface area contributed by atoms with Crippen LogP contribution in [0.4, 0.5) is 0 Å². The fourth-order valence-corrected chi connectivity index (χ4v) is 2.21. The standard InChI is InChI=1S/C10H17N2O8P.H3N/c13-5-7(2-4-21(17,18)19)20-9(6-14)12-3-1-8(15)11-10(12)16;/h1,3,7,9,13-14H,2,4-6H2,(H,11,15,16)(H2,17,18,19);1H3. The summed E-state index contributed by atoms with van der Waals surface area (Å²) < 4.78 is 16.9. The summed E-state index contributed by atoms with van der Waals surface area (Å²) in [5, 5.41) is 18.4. The second kappa shape index (κ2) is 8.96. The van der Waals surface area contributed by atoms with Gasteiger partial charge >= 0.3 is 13.3 Å². The number of nitrogens with zero attached hydrogens (tertiary/aromatic N) is 1. The van der Waals surface area contributed by atoms with Crippen LogP contribution in [0.25, 0.3) is 0 Å². The van der Waals surface area contributed by atoms with Gasteiger partial charge in [0.25, 0.3) is 5.56 Å². The minimum atomic E-state index is -4.24. The van der Waals surface area contributed by atoms with Crippen LogP contribution in [-0.2, 0) is 9.30 Å². The van der Waals surface area contributed by atoms with E-state index in [-0.39, 0.29) is 12.6 Å². The van der Waals surface area contributed by atoms with Crippen molar-refractivity contribution in [3.05, 3.63) is 33.1 Å². The van der Waals surface area contributed by atoms with Crippen LogP contribution in [0.5, 0.6) is 0 Å². The average Bonchev–Trinajstić information content (AvgIpc) is 2.39. The summed E-state index contributed by atoms with van der Waals surface area (Å²) >= 11 is 0. The Hall–Kier alpha value is -1.33. The first-order valence-electron chi connectivity index (χ1n) is 6.00. The molecule has 0 aromatic carbocycles. The topological polar surface area (TPSA) is 197 Å². The summed E-state index contributed by atoms with van der Waals surface area (Å²) in [6.45, 7) is -1.17. The van der Waals surface area contributed by atoms with Crippen molar-refractivity contribution in [1.82, 2.24) is 15.7 Å². The number of aliphatic hydroxyl groups excluding tert-OH is 2. The smallest absolute Gasteiger partial charge is 0.330 e. The van der Waals surface area contributed by atoms with E-state index in [9.17, 15) is 19.3 Å². The molecule has 0 saturated carbocycles. The molecule has 128 valence electrons. The molecule has 0 aliphatic rings. The Morgan fingerprint density at radius 3 is 2.36 bits per heavy atom. The van der Waals surface area contributed by atoms with Gasteiger partial charge in [0.1, 0.15) is 0 Å². The van der Waals surface area contributed by atoms with E-state index in [4.69, 9.17) is 19.6 Å². The molecule has 0 fully saturated rings. The molecule has 12 heteroatoms. The fourth-order valence-electron chi connectivity index (χ4n) is 1.59. The molecule has 0 amide bonds. The van der Waals surface area contributed by atoms with E-state index in [0.717, 1.165) is 16.8 Å². The normalized spacial score (nSPS) is 14.2. The zero-order valence-corrected chi connectivity index (χ0v) is 12.6. The summed E-state index contributed by atoms with van der Waals surface area (Å²) in [6.07, 6.45) is -1.72. The summed E-state index contributed by atoms with van der Waals surface area (Å²) in [6, 6.07) is 1.05. The second-order valence-corrected chi connectivity index (χ2v) is 6.05. The number of rotatable bonds is 8. The molecule has 2 unspecified atom stereocenters. The molecule has 1 aromatic rings. The van der Waals surface area contributed by atoms with Gasteiger partial charge in [-0.05, 0) is 6.42 Å². The van der Waals surface area contributed by atoms with Gasteiger partial charge in [0.15, 0.2) is 6.23 Å². The first-order chi connectivity index (χ1) is 9.76. The van der Waals surface area contributed by atoms with E-state index in [1.165, 1.54) is 0 Å². The van der Waals surface area contributed by atoms with E-state index in [1.54, 1.807) is 0 Å². The molecule has 1 aromatic heterocycles. The predicted octanol–water partition coefficient (Wildman–Crippen LogP) is -1.87. The third-order valence-electron chi connectivity index (χ3n) is 2.61. The van der Waals surface area contributed by atoms with E-state index >= 15 is 0 Å². The zero-order valence-electron chi connectivity index (χ0n) is 11.7. The van der Waals surface area contributed by atoms with Gasteiger partial charge in [-0.3, -0.25) is 18.9 Å². The van der Waals surface area contributed by atoms with Gasteiger partial charge in [0.2, 0.25) is 0 Å². The van der Waals surface area contributed by atoms with Gasteiger partial charge in [-0.15, -0.1) is 0 Å². The van der Waals surface area contributed by atoms with E-state index in [2.05, 4.69) is 0 Å². The van der Waals surface area contributed by atoms with Crippen molar-refractivity contribution >= 4 is 7.60 Å². The maximum absolute atomic E-state index is 11.6. The molecule has 11 nitrogen and oxygen atoms in total. The van der Waals surface area contributed by atoms with Gasteiger partial charge in [0, 0.05) is 12.3 Å². The van der Waals surface area contributed by atoms with Crippen LogP contribution in [-0.4, -0.2) is 55.0 Å². The first-order valence-corrected chi connectivity index (χ1v) is 7.80. The Morgan fingerprint density at radius 2 is 1.91 bits per heavy atom. The lowest BCUT2D eigenvalue weighted by Crippen LogP contribution is -2.36. The number of aromatic nitrogens is 2. The third-order valence-corrected chi connectivity index (χ3v) is 3.45. The Kier molecular flexibility index (Phi) is 8.41. The number of hydrogen-bond donors (Lipinski definition) is 6. The van der Waals surface area contributed by atoms with Crippen LogP contribution >= 0.6 is 7.60 Å². The highest BCUT2D eigenvalue weighted by Gasteiger charge is 2.22.